The predicted molar refractivity (Wildman–Crippen MR) is 89.3 cm³/mol. The van der Waals surface area contributed by atoms with Crippen molar-refractivity contribution in [3.63, 3.8) is 0 Å². The van der Waals surface area contributed by atoms with Crippen LogP contribution in [0, 0.1) is 5.92 Å². The number of carbonyl (C=O) groups excluding carboxylic acids is 4. The molecule has 1 aromatic rings. The number of carbonyl (C=O) groups is 4. The lowest BCUT2D eigenvalue weighted by Crippen LogP contribution is -2.45. The van der Waals surface area contributed by atoms with E-state index in [1.165, 1.54) is 4.90 Å². The van der Waals surface area contributed by atoms with Crippen LogP contribution in [0.15, 0.2) is 24.3 Å². The van der Waals surface area contributed by atoms with Crippen LogP contribution in [0.2, 0.25) is 0 Å². The highest BCUT2D eigenvalue weighted by Gasteiger charge is 2.39. The van der Waals surface area contributed by atoms with E-state index in [9.17, 15) is 19.2 Å². The third kappa shape index (κ3) is 4.04. The number of rotatable bonds is 7. The summed E-state index contributed by atoms with van der Waals surface area (Å²) in [5.74, 6) is -1.44. The summed E-state index contributed by atoms with van der Waals surface area (Å²) in [6, 6.07) is 5.87. The average molecular weight is 343 g/mol. The van der Waals surface area contributed by atoms with E-state index in [1.807, 2.05) is 0 Å². The van der Waals surface area contributed by atoms with E-state index in [-0.39, 0.29) is 18.9 Å². The number of Topliss-reactive ketones (excluding diaryl/α,β-unsaturated/α-hetero) is 1. The van der Waals surface area contributed by atoms with Gasteiger partial charge in [-0.1, -0.05) is 12.1 Å². The first-order valence-electron chi connectivity index (χ1n) is 8.46. The van der Waals surface area contributed by atoms with E-state index >= 15 is 0 Å². The number of primary amides is 1. The zero-order valence-corrected chi connectivity index (χ0v) is 13.9. The van der Waals surface area contributed by atoms with Crippen molar-refractivity contribution in [3.8, 4) is 0 Å². The molecule has 1 aliphatic heterocycles. The molecule has 1 aliphatic carbocycles. The number of nitrogens with two attached hydrogens (primary N) is 1. The fourth-order valence-corrected chi connectivity index (χ4v) is 3.02. The van der Waals surface area contributed by atoms with Crippen molar-refractivity contribution in [1.82, 2.24) is 10.2 Å². The number of nitrogens with zero attached hydrogens (tertiary/aromatic N) is 1. The molecule has 3 amide bonds. The van der Waals surface area contributed by atoms with Gasteiger partial charge in [0.1, 0.15) is 6.04 Å². The van der Waals surface area contributed by atoms with Crippen LogP contribution in [-0.4, -0.2) is 41.0 Å². The Morgan fingerprint density at radius 2 is 1.96 bits per heavy atom. The molecule has 1 atom stereocenters. The number of nitrogens with one attached hydrogen (secondary N) is 1. The number of likely N-dealkylation sites (tertiary alicyclic amines) is 1. The van der Waals surface area contributed by atoms with Gasteiger partial charge in [-0.3, -0.25) is 19.2 Å². The maximum absolute atomic E-state index is 12.4. The average Bonchev–Trinajstić information content (AvgIpc) is 3.36. The van der Waals surface area contributed by atoms with Gasteiger partial charge in [-0.2, -0.15) is 0 Å². The molecule has 0 bridgehead atoms. The molecule has 132 valence electrons. The minimum absolute atomic E-state index is 0.169. The summed E-state index contributed by atoms with van der Waals surface area (Å²) in [6.45, 7) is 0.693. The maximum Gasteiger partial charge on any atom is 0.289 e. The minimum Gasteiger partial charge on any atom is -0.366 e. The van der Waals surface area contributed by atoms with Crippen LogP contribution in [0.4, 0.5) is 0 Å². The Labute approximate surface area is 145 Å². The van der Waals surface area contributed by atoms with Gasteiger partial charge in [0, 0.05) is 25.1 Å². The lowest BCUT2D eigenvalue weighted by Gasteiger charge is -2.23. The summed E-state index contributed by atoms with van der Waals surface area (Å²) in [5.41, 5.74) is 6.31. The minimum atomic E-state index is -0.746. The summed E-state index contributed by atoms with van der Waals surface area (Å²) >= 11 is 0. The third-order valence-corrected chi connectivity index (χ3v) is 4.67. The number of amides is 3. The van der Waals surface area contributed by atoms with Crippen molar-refractivity contribution in [2.45, 2.75) is 38.3 Å². The Bertz CT molecular complexity index is 727. The van der Waals surface area contributed by atoms with E-state index in [4.69, 9.17) is 5.73 Å². The molecule has 2 aliphatic rings. The van der Waals surface area contributed by atoms with Gasteiger partial charge in [0.15, 0.2) is 0 Å². The molecule has 2 fully saturated rings. The van der Waals surface area contributed by atoms with Crippen LogP contribution >= 0.6 is 0 Å². The highest BCUT2D eigenvalue weighted by Crippen LogP contribution is 2.27. The number of benzene rings is 1. The molecule has 0 aromatic heterocycles. The van der Waals surface area contributed by atoms with Gasteiger partial charge in [0.2, 0.25) is 17.6 Å². The van der Waals surface area contributed by atoms with Crippen LogP contribution in [0.3, 0.4) is 0 Å². The van der Waals surface area contributed by atoms with E-state index in [1.54, 1.807) is 24.3 Å². The van der Waals surface area contributed by atoms with Crippen molar-refractivity contribution in [3.05, 3.63) is 35.4 Å². The molecule has 3 rings (SSSR count). The van der Waals surface area contributed by atoms with Crippen molar-refractivity contribution in [1.29, 1.82) is 0 Å². The molecular formula is C18H21N3O4. The van der Waals surface area contributed by atoms with Crippen molar-refractivity contribution in [2.75, 3.05) is 6.54 Å². The predicted octanol–water partition coefficient (Wildman–Crippen LogP) is 0.372. The van der Waals surface area contributed by atoms with Crippen LogP contribution in [0.25, 0.3) is 0 Å². The lowest BCUT2D eigenvalue weighted by atomic mass is 10.1. The molecule has 1 heterocycles. The first-order chi connectivity index (χ1) is 12.0. The zero-order chi connectivity index (χ0) is 18.0. The van der Waals surface area contributed by atoms with Crippen molar-refractivity contribution >= 4 is 23.5 Å². The topological polar surface area (TPSA) is 110 Å². The second-order valence-electron chi connectivity index (χ2n) is 6.66. The quantitative estimate of drug-likeness (QED) is 0.697. The van der Waals surface area contributed by atoms with Gasteiger partial charge in [-0.15, -0.1) is 0 Å². The van der Waals surface area contributed by atoms with Crippen molar-refractivity contribution in [2.24, 2.45) is 11.7 Å². The number of ketones is 1. The lowest BCUT2D eigenvalue weighted by molar-refractivity contribution is -0.143. The third-order valence-electron chi connectivity index (χ3n) is 4.67. The molecule has 1 saturated heterocycles. The second kappa shape index (κ2) is 7.04. The summed E-state index contributed by atoms with van der Waals surface area (Å²) in [5, 5.41) is 2.66. The zero-order valence-electron chi connectivity index (χ0n) is 13.9. The van der Waals surface area contributed by atoms with Gasteiger partial charge in [-0.25, -0.2) is 0 Å². The Morgan fingerprint density at radius 1 is 1.20 bits per heavy atom. The van der Waals surface area contributed by atoms with Gasteiger partial charge in [0.05, 0.1) is 0 Å². The molecule has 1 unspecified atom stereocenters. The molecule has 7 heteroatoms. The summed E-state index contributed by atoms with van der Waals surface area (Å²) in [7, 11) is 0. The second-order valence-corrected chi connectivity index (χ2v) is 6.66. The first kappa shape index (κ1) is 17.1. The summed E-state index contributed by atoms with van der Waals surface area (Å²) in [6.07, 6.45) is 2.74. The van der Waals surface area contributed by atoms with Crippen LogP contribution in [0.1, 0.15) is 41.6 Å². The van der Waals surface area contributed by atoms with Crippen LogP contribution in [0.5, 0.6) is 0 Å². The SMILES string of the molecule is NC(=O)c1cccc(CN2C(=O)CCC2C(=O)C(=O)NCC2CC2)c1. The molecule has 1 aromatic carbocycles. The maximum atomic E-state index is 12.4. The fourth-order valence-electron chi connectivity index (χ4n) is 3.02. The van der Waals surface area contributed by atoms with Gasteiger partial charge >= 0.3 is 0 Å². The monoisotopic (exact) mass is 343 g/mol. The molecular weight excluding hydrogens is 322 g/mol. The van der Waals surface area contributed by atoms with E-state index in [0.717, 1.165) is 12.8 Å². The Kier molecular flexibility index (Phi) is 4.83. The number of hydrogen-bond donors (Lipinski definition) is 2. The smallest absolute Gasteiger partial charge is 0.289 e. The van der Waals surface area contributed by atoms with Crippen LogP contribution in [-0.2, 0) is 20.9 Å². The van der Waals surface area contributed by atoms with Gasteiger partial charge in [-0.05, 0) is 42.9 Å². The molecule has 7 nitrogen and oxygen atoms in total. The molecule has 3 N–H and O–H groups in total. The normalized spacial score (nSPS) is 19.8. The molecule has 1 saturated carbocycles. The van der Waals surface area contributed by atoms with Gasteiger partial charge in [0.25, 0.3) is 5.91 Å². The largest absolute Gasteiger partial charge is 0.366 e. The van der Waals surface area contributed by atoms with Crippen molar-refractivity contribution < 1.29 is 19.2 Å². The van der Waals surface area contributed by atoms with Crippen LogP contribution < -0.4 is 11.1 Å². The van der Waals surface area contributed by atoms with Gasteiger partial charge < -0.3 is 16.0 Å². The Hall–Kier alpha value is -2.70. The molecule has 0 radical (unpaired) electrons. The highest BCUT2D eigenvalue weighted by atomic mass is 16.2. The van der Waals surface area contributed by atoms with E-state index in [2.05, 4.69) is 5.32 Å². The number of hydrogen-bond acceptors (Lipinski definition) is 4. The summed E-state index contributed by atoms with van der Waals surface area (Å²) < 4.78 is 0. The first-order valence-corrected chi connectivity index (χ1v) is 8.46. The molecule has 25 heavy (non-hydrogen) atoms. The highest BCUT2D eigenvalue weighted by molar-refractivity contribution is 6.38. The standard InChI is InChI=1S/C18H21N3O4/c19-17(24)13-3-1-2-12(8-13)10-21-14(6-7-15(21)22)16(23)18(25)20-9-11-4-5-11/h1-3,8,11,14H,4-7,9-10H2,(H2,19,24)(H,20,25). The molecule has 0 spiro atoms. The fraction of sp³-hybridized carbons (Fsp3) is 0.444. The van der Waals surface area contributed by atoms with E-state index < -0.39 is 23.6 Å². The summed E-state index contributed by atoms with van der Waals surface area (Å²) in [4.78, 5) is 49.3. The Morgan fingerprint density at radius 3 is 2.64 bits per heavy atom. The van der Waals surface area contributed by atoms with E-state index in [0.29, 0.717) is 30.0 Å². The Balaban J connectivity index is 1.68.